The van der Waals surface area contributed by atoms with E-state index in [1.165, 1.54) is 0 Å². The van der Waals surface area contributed by atoms with Gasteiger partial charge in [-0.05, 0) is 43.2 Å². The third-order valence-corrected chi connectivity index (χ3v) is 2.65. The van der Waals surface area contributed by atoms with E-state index < -0.39 is 29.5 Å². The van der Waals surface area contributed by atoms with E-state index in [0.29, 0.717) is 12.1 Å². The molecule has 0 heterocycles. The average Bonchev–Trinajstić information content (AvgIpc) is 2.25. The molecule has 9 heteroatoms. The van der Waals surface area contributed by atoms with Gasteiger partial charge in [0.1, 0.15) is 0 Å². The molecule has 0 saturated heterocycles. The fraction of sp³-hybridized carbons (Fsp3) is 0.500. The maximum atomic E-state index is 13.6. The van der Waals surface area contributed by atoms with Crippen molar-refractivity contribution in [3.8, 4) is 0 Å². The second kappa shape index (κ2) is 4.81. The van der Waals surface area contributed by atoms with Gasteiger partial charge >= 0.3 is 23.9 Å². The second-order valence-electron chi connectivity index (χ2n) is 4.46. The number of hydrogen-bond donors (Lipinski definition) is 0. The first-order valence-corrected chi connectivity index (χ1v) is 5.36. The van der Waals surface area contributed by atoms with Crippen LogP contribution in [0, 0.1) is 19.9 Å². The van der Waals surface area contributed by atoms with E-state index in [-0.39, 0.29) is 11.1 Å². The molecule has 0 saturated carbocycles. The van der Waals surface area contributed by atoms with Gasteiger partial charge in [-0.25, -0.2) is 0 Å². The van der Waals surface area contributed by atoms with Crippen molar-refractivity contribution < 1.29 is 39.5 Å². The van der Waals surface area contributed by atoms with E-state index in [1.807, 2.05) is 0 Å². The van der Waals surface area contributed by atoms with Gasteiger partial charge in [0.2, 0.25) is 0 Å². The van der Waals surface area contributed by atoms with Gasteiger partial charge in [-0.1, -0.05) is 0 Å². The van der Waals surface area contributed by atoms with Gasteiger partial charge in [-0.15, -0.1) is 0 Å². The Morgan fingerprint density at radius 2 is 1.10 bits per heavy atom. The first-order chi connectivity index (χ1) is 9.14. The van der Waals surface area contributed by atoms with Crippen LogP contribution in [0.15, 0.2) is 12.1 Å². The number of benzene rings is 1. The summed E-state index contributed by atoms with van der Waals surface area (Å²) in [6.07, 6.45) is -6.81. The Kier molecular flexibility index (Phi) is 4.04. The summed E-state index contributed by atoms with van der Waals surface area (Å²) in [5.74, 6) is -19.2. The number of rotatable bonds is 3. The molecule has 0 nitrogen and oxygen atoms in total. The second-order valence-corrected chi connectivity index (χ2v) is 4.46. The Labute approximate surface area is 113 Å². The summed E-state index contributed by atoms with van der Waals surface area (Å²) in [4.78, 5) is 0. The van der Waals surface area contributed by atoms with Crippen molar-refractivity contribution in [1.29, 1.82) is 0 Å². The zero-order valence-corrected chi connectivity index (χ0v) is 10.6. The van der Waals surface area contributed by atoms with Gasteiger partial charge in [0.05, 0.1) is 0 Å². The van der Waals surface area contributed by atoms with E-state index in [4.69, 9.17) is 0 Å². The quantitative estimate of drug-likeness (QED) is 0.685. The van der Waals surface area contributed by atoms with Gasteiger partial charge in [-0.2, -0.15) is 39.5 Å². The summed E-state index contributed by atoms with van der Waals surface area (Å²) in [7, 11) is 0. The van der Waals surface area contributed by atoms with Crippen LogP contribution in [0.4, 0.5) is 39.5 Å². The summed E-state index contributed by atoms with van der Waals surface area (Å²) < 4.78 is 115. The molecule has 0 fully saturated rings. The topological polar surface area (TPSA) is 0 Å². The van der Waals surface area contributed by atoms with Crippen LogP contribution in [0.3, 0.4) is 0 Å². The first-order valence-electron chi connectivity index (χ1n) is 5.36. The predicted octanol–water partition coefficient (Wildman–Crippen LogP) is 5.03. The molecule has 0 aliphatic rings. The minimum Gasteiger partial charge on any atom is -0.194 e. The molecule has 1 aromatic carbocycles. The van der Waals surface area contributed by atoms with E-state index in [0.717, 1.165) is 13.8 Å². The van der Waals surface area contributed by atoms with Crippen LogP contribution < -0.4 is 0 Å². The molecule has 0 bridgehead atoms. The molecular formula is C12H8F9. The third kappa shape index (κ3) is 2.69. The Balaban J connectivity index is 3.46. The van der Waals surface area contributed by atoms with E-state index in [9.17, 15) is 39.5 Å². The van der Waals surface area contributed by atoms with Crippen molar-refractivity contribution >= 4 is 0 Å². The van der Waals surface area contributed by atoms with Crippen LogP contribution in [0.1, 0.15) is 16.7 Å². The molecule has 0 unspecified atom stereocenters. The molecule has 1 radical (unpaired) electrons. The number of halogens is 9. The third-order valence-electron chi connectivity index (χ3n) is 2.65. The fourth-order valence-electron chi connectivity index (χ4n) is 1.63. The Morgan fingerprint density at radius 3 is 1.43 bits per heavy atom. The number of hydrogen-bond acceptors (Lipinski definition) is 0. The van der Waals surface area contributed by atoms with Gasteiger partial charge in [-0.3, -0.25) is 0 Å². The monoisotopic (exact) mass is 323 g/mol. The Morgan fingerprint density at radius 1 is 0.714 bits per heavy atom. The Bertz CT molecular complexity index is 508. The summed E-state index contributed by atoms with van der Waals surface area (Å²) in [5.41, 5.74) is -1.84. The standard InChI is InChI=1S/C12H8F9/c1-6-3-7(2)5-8(4-6)9(13,14)10(15,16)11(17,18)12(19,20)21/h4-5H,1-2H3. The minimum atomic E-state index is -6.88. The van der Waals surface area contributed by atoms with Gasteiger partial charge in [0, 0.05) is 5.56 Å². The highest BCUT2D eigenvalue weighted by Gasteiger charge is 2.82. The summed E-state index contributed by atoms with van der Waals surface area (Å²) >= 11 is 0. The molecule has 0 amide bonds. The van der Waals surface area contributed by atoms with E-state index >= 15 is 0 Å². The summed E-state index contributed by atoms with van der Waals surface area (Å²) in [5, 5.41) is 0. The van der Waals surface area contributed by atoms with E-state index in [2.05, 4.69) is 6.07 Å². The van der Waals surface area contributed by atoms with Crippen molar-refractivity contribution in [3.63, 3.8) is 0 Å². The molecule has 0 aromatic heterocycles. The highest BCUT2D eigenvalue weighted by molar-refractivity contribution is 5.32. The van der Waals surface area contributed by atoms with Gasteiger partial charge in [0.15, 0.2) is 0 Å². The maximum absolute atomic E-state index is 13.6. The average molecular weight is 323 g/mol. The predicted molar refractivity (Wildman–Crippen MR) is 54.6 cm³/mol. The number of aryl methyl sites for hydroxylation is 2. The molecule has 119 valence electrons. The molecular weight excluding hydrogens is 315 g/mol. The molecule has 0 atom stereocenters. The zero-order chi connectivity index (χ0) is 16.9. The van der Waals surface area contributed by atoms with Gasteiger partial charge < -0.3 is 0 Å². The van der Waals surface area contributed by atoms with Crippen LogP contribution in [-0.2, 0) is 5.92 Å². The van der Waals surface area contributed by atoms with Gasteiger partial charge in [0.25, 0.3) is 0 Å². The molecule has 0 aliphatic heterocycles. The zero-order valence-electron chi connectivity index (χ0n) is 10.6. The molecule has 0 N–H and O–H groups in total. The minimum absolute atomic E-state index is 0.101. The lowest BCUT2D eigenvalue weighted by Gasteiger charge is -2.34. The molecule has 1 rings (SSSR count). The highest BCUT2D eigenvalue weighted by Crippen LogP contribution is 2.56. The molecule has 21 heavy (non-hydrogen) atoms. The van der Waals surface area contributed by atoms with Crippen molar-refractivity contribution in [2.75, 3.05) is 0 Å². The summed E-state index contributed by atoms with van der Waals surface area (Å²) in [6.45, 7) is 2.32. The lowest BCUT2D eigenvalue weighted by Crippen LogP contribution is -2.59. The normalized spacial score (nSPS) is 14.4. The summed E-state index contributed by atoms with van der Waals surface area (Å²) in [6, 6.07) is 3.18. The van der Waals surface area contributed by atoms with Crippen LogP contribution >= 0.6 is 0 Å². The lowest BCUT2D eigenvalue weighted by molar-refractivity contribution is -0.399. The van der Waals surface area contributed by atoms with Crippen LogP contribution in [0.5, 0.6) is 0 Å². The van der Waals surface area contributed by atoms with Crippen LogP contribution in [0.25, 0.3) is 0 Å². The van der Waals surface area contributed by atoms with Crippen LogP contribution in [0.2, 0.25) is 0 Å². The molecule has 0 spiro atoms. The fourth-order valence-corrected chi connectivity index (χ4v) is 1.63. The van der Waals surface area contributed by atoms with E-state index in [1.54, 1.807) is 0 Å². The number of alkyl halides is 9. The van der Waals surface area contributed by atoms with Crippen molar-refractivity contribution in [1.82, 2.24) is 0 Å². The van der Waals surface area contributed by atoms with Crippen molar-refractivity contribution in [2.45, 2.75) is 37.8 Å². The lowest BCUT2D eigenvalue weighted by atomic mass is 9.94. The molecule has 1 aromatic rings. The van der Waals surface area contributed by atoms with Crippen molar-refractivity contribution in [3.05, 3.63) is 34.9 Å². The Hall–Kier alpha value is -1.41. The maximum Gasteiger partial charge on any atom is 0.460 e. The van der Waals surface area contributed by atoms with Crippen LogP contribution in [-0.4, -0.2) is 18.0 Å². The SMILES string of the molecule is Cc1[c]c(C)cc(C(F)(F)C(F)(F)C(F)(F)C(F)(F)F)c1. The first kappa shape index (κ1) is 17.6. The highest BCUT2D eigenvalue weighted by atomic mass is 19.4. The van der Waals surface area contributed by atoms with Crippen molar-refractivity contribution in [2.24, 2.45) is 0 Å². The smallest absolute Gasteiger partial charge is 0.194 e. The largest absolute Gasteiger partial charge is 0.460 e. The molecule has 0 aliphatic carbocycles.